The van der Waals surface area contributed by atoms with Crippen LogP contribution in [0.2, 0.25) is 15.1 Å². The molecule has 0 fully saturated rings. The van der Waals surface area contributed by atoms with Crippen molar-refractivity contribution in [2.75, 3.05) is 13.2 Å². The van der Waals surface area contributed by atoms with Crippen LogP contribution >= 0.6 is 34.8 Å². The SMILES string of the molecule is CCNC(=O)[C@@H](C)N(Cc1ccc(Cl)cc1Cl)C(=O)COc1ccc(Cl)c(C)c1. The van der Waals surface area contributed by atoms with Crippen LogP contribution in [0.1, 0.15) is 25.0 Å². The van der Waals surface area contributed by atoms with E-state index in [9.17, 15) is 9.59 Å². The minimum absolute atomic E-state index is 0.149. The van der Waals surface area contributed by atoms with Gasteiger partial charge in [0.15, 0.2) is 6.61 Å². The van der Waals surface area contributed by atoms with Gasteiger partial charge >= 0.3 is 0 Å². The number of rotatable bonds is 8. The maximum atomic E-state index is 12.9. The summed E-state index contributed by atoms with van der Waals surface area (Å²) < 4.78 is 5.63. The number of amides is 2. The molecule has 1 atom stereocenters. The predicted molar refractivity (Wildman–Crippen MR) is 117 cm³/mol. The van der Waals surface area contributed by atoms with Gasteiger partial charge in [-0.25, -0.2) is 0 Å². The zero-order valence-electron chi connectivity index (χ0n) is 16.5. The normalized spacial score (nSPS) is 11.7. The molecule has 0 saturated carbocycles. The van der Waals surface area contributed by atoms with Crippen molar-refractivity contribution in [1.29, 1.82) is 0 Å². The molecule has 2 rings (SSSR count). The summed E-state index contributed by atoms with van der Waals surface area (Å²) in [6.45, 7) is 5.72. The quantitative estimate of drug-likeness (QED) is 0.614. The zero-order chi connectivity index (χ0) is 21.6. The van der Waals surface area contributed by atoms with Crippen molar-refractivity contribution < 1.29 is 14.3 Å². The van der Waals surface area contributed by atoms with Crippen molar-refractivity contribution in [1.82, 2.24) is 10.2 Å². The third kappa shape index (κ3) is 6.53. The van der Waals surface area contributed by atoms with Gasteiger partial charge in [0.1, 0.15) is 11.8 Å². The van der Waals surface area contributed by atoms with E-state index in [4.69, 9.17) is 39.5 Å². The lowest BCUT2D eigenvalue weighted by molar-refractivity contribution is -0.142. The van der Waals surface area contributed by atoms with Crippen LogP contribution in [0, 0.1) is 6.92 Å². The monoisotopic (exact) mass is 456 g/mol. The molecular formula is C21H23Cl3N2O3. The third-order valence-corrected chi connectivity index (χ3v) is 5.38. The fraction of sp³-hybridized carbons (Fsp3) is 0.333. The van der Waals surface area contributed by atoms with Crippen LogP contribution in [0.25, 0.3) is 0 Å². The minimum atomic E-state index is -0.704. The molecule has 0 bridgehead atoms. The summed E-state index contributed by atoms with van der Waals surface area (Å²) in [5.74, 6) is -0.0777. The highest BCUT2D eigenvalue weighted by Gasteiger charge is 2.26. The molecule has 156 valence electrons. The first-order valence-corrected chi connectivity index (χ1v) is 10.3. The van der Waals surface area contributed by atoms with Gasteiger partial charge in [-0.15, -0.1) is 0 Å². The summed E-state index contributed by atoms with van der Waals surface area (Å²) in [6, 6.07) is 9.47. The molecule has 8 heteroatoms. The highest BCUT2D eigenvalue weighted by atomic mass is 35.5. The van der Waals surface area contributed by atoms with Gasteiger partial charge in [-0.3, -0.25) is 9.59 Å². The van der Waals surface area contributed by atoms with Crippen molar-refractivity contribution in [3.63, 3.8) is 0 Å². The summed E-state index contributed by atoms with van der Waals surface area (Å²) in [7, 11) is 0. The number of aryl methyl sites for hydroxylation is 1. The van der Waals surface area contributed by atoms with Crippen molar-refractivity contribution in [2.45, 2.75) is 33.4 Å². The van der Waals surface area contributed by atoms with Crippen molar-refractivity contribution in [3.05, 3.63) is 62.6 Å². The van der Waals surface area contributed by atoms with Gasteiger partial charge in [0.25, 0.3) is 5.91 Å². The molecule has 0 aliphatic rings. The van der Waals surface area contributed by atoms with Crippen LogP contribution in [0.3, 0.4) is 0 Å². The molecule has 0 radical (unpaired) electrons. The highest BCUT2D eigenvalue weighted by Crippen LogP contribution is 2.24. The van der Waals surface area contributed by atoms with E-state index in [1.807, 2.05) is 13.8 Å². The third-order valence-electron chi connectivity index (χ3n) is 4.37. The van der Waals surface area contributed by atoms with Crippen molar-refractivity contribution in [2.24, 2.45) is 0 Å². The highest BCUT2D eigenvalue weighted by molar-refractivity contribution is 6.35. The maximum Gasteiger partial charge on any atom is 0.261 e. The largest absolute Gasteiger partial charge is 0.484 e. The molecule has 2 aromatic carbocycles. The molecule has 0 saturated heterocycles. The van der Waals surface area contributed by atoms with Crippen LogP contribution in [-0.4, -0.2) is 35.9 Å². The molecule has 0 aliphatic heterocycles. The molecule has 1 N–H and O–H groups in total. The number of hydrogen-bond acceptors (Lipinski definition) is 3. The topological polar surface area (TPSA) is 58.6 Å². The number of ether oxygens (including phenoxy) is 1. The number of halogens is 3. The molecule has 2 aromatic rings. The summed E-state index contributed by atoms with van der Waals surface area (Å²) >= 11 is 18.2. The molecule has 2 amide bonds. The molecule has 0 unspecified atom stereocenters. The van der Waals surface area contributed by atoms with E-state index < -0.39 is 6.04 Å². The summed E-state index contributed by atoms with van der Waals surface area (Å²) in [5.41, 5.74) is 1.53. The van der Waals surface area contributed by atoms with Gasteiger partial charge < -0.3 is 15.0 Å². The van der Waals surface area contributed by atoms with Crippen molar-refractivity contribution in [3.8, 4) is 5.75 Å². The second-order valence-electron chi connectivity index (χ2n) is 6.53. The molecule has 0 heterocycles. The van der Waals surface area contributed by atoms with Crippen LogP contribution < -0.4 is 10.1 Å². The Labute approximate surface area is 185 Å². The summed E-state index contributed by atoms with van der Waals surface area (Å²) in [5, 5.41) is 4.27. The van der Waals surface area contributed by atoms with Crippen LogP contribution in [0.5, 0.6) is 5.75 Å². The van der Waals surface area contributed by atoms with E-state index >= 15 is 0 Å². The number of nitrogens with zero attached hydrogens (tertiary/aromatic N) is 1. The Morgan fingerprint density at radius 1 is 1.10 bits per heavy atom. The minimum Gasteiger partial charge on any atom is -0.484 e. The molecule has 0 aromatic heterocycles. The van der Waals surface area contributed by atoms with Crippen molar-refractivity contribution >= 4 is 46.6 Å². The number of benzene rings is 2. The Balaban J connectivity index is 2.19. The smallest absolute Gasteiger partial charge is 0.261 e. The Bertz CT molecular complexity index is 889. The van der Waals surface area contributed by atoms with E-state index in [1.165, 1.54) is 4.90 Å². The molecule has 0 aliphatic carbocycles. The second kappa shape index (κ2) is 10.7. The van der Waals surface area contributed by atoms with E-state index in [2.05, 4.69) is 5.32 Å². The average Bonchev–Trinajstić information content (AvgIpc) is 2.67. The Hall–Kier alpha value is -1.95. The first-order chi connectivity index (χ1) is 13.7. The summed E-state index contributed by atoms with van der Waals surface area (Å²) in [6.07, 6.45) is 0. The fourth-order valence-corrected chi connectivity index (χ4v) is 3.26. The predicted octanol–water partition coefficient (Wildman–Crippen LogP) is 4.89. The first kappa shape index (κ1) is 23.3. The fourth-order valence-electron chi connectivity index (χ4n) is 2.67. The van der Waals surface area contributed by atoms with Crippen LogP contribution in [0.15, 0.2) is 36.4 Å². The number of carbonyl (C=O) groups excluding carboxylic acids is 2. The van der Waals surface area contributed by atoms with Crippen LogP contribution in [0.4, 0.5) is 0 Å². The molecule has 0 spiro atoms. The van der Waals surface area contributed by atoms with E-state index in [-0.39, 0.29) is 25.0 Å². The van der Waals surface area contributed by atoms with Gasteiger partial charge in [-0.05, 0) is 62.2 Å². The average molecular weight is 458 g/mol. The summed E-state index contributed by atoms with van der Waals surface area (Å²) in [4.78, 5) is 26.7. The molecule has 5 nitrogen and oxygen atoms in total. The Morgan fingerprint density at radius 3 is 2.45 bits per heavy atom. The number of carbonyl (C=O) groups is 2. The maximum absolute atomic E-state index is 12.9. The number of hydrogen-bond donors (Lipinski definition) is 1. The Morgan fingerprint density at radius 2 is 1.83 bits per heavy atom. The van der Waals surface area contributed by atoms with E-state index in [0.717, 1.165) is 5.56 Å². The number of likely N-dealkylation sites (N-methyl/N-ethyl adjacent to an activating group) is 1. The van der Waals surface area contributed by atoms with Gasteiger partial charge in [0, 0.05) is 28.2 Å². The molecular weight excluding hydrogens is 435 g/mol. The van der Waals surface area contributed by atoms with Crippen LogP contribution in [-0.2, 0) is 16.1 Å². The Kier molecular flexibility index (Phi) is 8.62. The van der Waals surface area contributed by atoms with E-state index in [0.29, 0.717) is 32.9 Å². The van der Waals surface area contributed by atoms with Gasteiger partial charge in [-0.2, -0.15) is 0 Å². The first-order valence-electron chi connectivity index (χ1n) is 9.13. The van der Waals surface area contributed by atoms with E-state index in [1.54, 1.807) is 43.3 Å². The molecule has 29 heavy (non-hydrogen) atoms. The van der Waals surface area contributed by atoms with Gasteiger partial charge in [0.05, 0.1) is 0 Å². The lowest BCUT2D eigenvalue weighted by Gasteiger charge is -2.29. The van der Waals surface area contributed by atoms with Gasteiger partial charge in [0.2, 0.25) is 5.91 Å². The van der Waals surface area contributed by atoms with Gasteiger partial charge in [-0.1, -0.05) is 40.9 Å². The lowest BCUT2D eigenvalue weighted by atomic mass is 10.1. The zero-order valence-corrected chi connectivity index (χ0v) is 18.7. The standard InChI is InChI=1S/C21H23Cl3N2O3/c1-4-25-21(28)14(3)26(11-15-5-6-16(22)10-19(15)24)20(27)12-29-17-7-8-18(23)13(2)9-17/h5-10,14H,4,11-12H2,1-3H3,(H,25,28)/t14-/m1/s1. The lowest BCUT2D eigenvalue weighted by Crippen LogP contribution is -2.49. The second-order valence-corrected chi connectivity index (χ2v) is 7.78. The number of nitrogens with one attached hydrogen (secondary N) is 1.